The molecule has 2 aromatic rings. The van der Waals surface area contributed by atoms with E-state index in [9.17, 15) is 0 Å². The Morgan fingerprint density at radius 1 is 0.842 bits per heavy atom. The van der Waals surface area contributed by atoms with E-state index in [1.54, 1.807) is 6.07 Å². The Balaban J connectivity index is 1.90. The summed E-state index contributed by atoms with van der Waals surface area (Å²) in [7, 11) is 0. The molecular formula is C15H14Cl3N. The third kappa shape index (κ3) is 4.12. The summed E-state index contributed by atoms with van der Waals surface area (Å²) in [6.45, 7) is 1.47. The number of rotatable bonds is 5. The van der Waals surface area contributed by atoms with Crippen molar-refractivity contribution in [3.63, 3.8) is 0 Å². The molecule has 0 unspecified atom stereocenters. The molecule has 0 bridgehead atoms. The minimum Gasteiger partial charge on any atom is -0.309 e. The molecule has 4 heteroatoms. The van der Waals surface area contributed by atoms with Gasteiger partial charge in [0.25, 0.3) is 0 Å². The zero-order chi connectivity index (χ0) is 13.7. The normalized spacial score (nSPS) is 10.7. The van der Waals surface area contributed by atoms with Crippen LogP contribution in [0.4, 0.5) is 0 Å². The summed E-state index contributed by atoms with van der Waals surface area (Å²) in [5, 5.41) is 4.56. The summed E-state index contributed by atoms with van der Waals surface area (Å²) >= 11 is 17.9. The lowest BCUT2D eigenvalue weighted by molar-refractivity contribution is 0.693. The van der Waals surface area contributed by atoms with E-state index in [1.807, 2.05) is 24.3 Å². The van der Waals surface area contributed by atoms with Crippen LogP contribution in [0.15, 0.2) is 42.5 Å². The molecule has 0 saturated carbocycles. The van der Waals surface area contributed by atoms with Crippen molar-refractivity contribution >= 4 is 34.8 Å². The van der Waals surface area contributed by atoms with Gasteiger partial charge in [0.05, 0.1) is 10.0 Å². The maximum Gasteiger partial charge on any atom is 0.0637 e. The first-order valence-corrected chi connectivity index (χ1v) is 7.27. The average Bonchev–Trinajstić information content (AvgIpc) is 2.44. The highest BCUT2D eigenvalue weighted by molar-refractivity contribution is 6.42. The van der Waals surface area contributed by atoms with Crippen molar-refractivity contribution < 1.29 is 0 Å². The van der Waals surface area contributed by atoms with Crippen LogP contribution in [0, 0.1) is 0 Å². The predicted molar refractivity (Wildman–Crippen MR) is 83.0 cm³/mol. The minimum atomic E-state index is 0.547. The summed E-state index contributed by atoms with van der Waals surface area (Å²) in [4.78, 5) is 0. The fourth-order valence-corrected chi connectivity index (χ4v) is 2.34. The smallest absolute Gasteiger partial charge is 0.0637 e. The number of nitrogens with one attached hydrogen (secondary N) is 1. The van der Waals surface area contributed by atoms with Crippen molar-refractivity contribution in [2.24, 2.45) is 0 Å². The van der Waals surface area contributed by atoms with Crippen molar-refractivity contribution in [2.75, 3.05) is 0 Å². The highest BCUT2D eigenvalue weighted by Gasteiger charge is 2.03. The van der Waals surface area contributed by atoms with E-state index < -0.39 is 0 Å². The molecule has 0 saturated heterocycles. The molecule has 19 heavy (non-hydrogen) atoms. The molecule has 2 rings (SSSR count). The Morgan fingerprint density at radius 2 is 1.53 bits per heavy atom. The SMILES string of the molecule is ClCc1ccc(CNCc2cccc(Cl)c2Cl)cc1. The Morgan fingerprint density at radius 3 is 2.21 bits per heavy atom. The predicted octanol–water partition coefficient (Wildman–Crippen LogP) is 5.02. The lowest BCUT2D eigenvalue weighted by atomic mass is 10.1. The number of alkyl halides is 1. The van der Waals surface area contributed by atoms with Crippen LogP contribution in [-0.4, -0.2) is 0 Å². The summed E-state index contributed by atoms with van der Waals surface area (Å²) in [5.74, 6) is 0.547. The van der Waals surface area contributed by atoms with Crippen LogP contribution in [-0.2, 0) is 19.0 Å². The zero-order valence-corrected chi connectivity index (χ0v) is 12.6. The van der Waals surface area contributed by atoms with Crippen LogP contribution in [0.3, 0.4) is 0 Å². The molecule has 2 aromatic carbocycles. The van der Waals surface area contributed by atoms with Gasteiger partial charge < -0.3 is 5.32 Å². The quantitative estimate of drug-likeness (QED) is 0.764. The second kappa shape index (κ2) is 7.16. The number of hydrogen-bond donors (Lipinski definition) is 1. The molecular weight excluding hydrogens is 301 g/mol. The van der Waals surface area contributed by atoms with Gasteiger partial charge in [0.1, 0.15) is 0 Å². The average molecular weight is 315 g/mol. The van der Waals surface area contributed by atoms with Gasteiger partial charge >= 0.3 is 0 Å². The van der Waals surface area contributed by atoms with Crippen molar-refractivity contribution in [3.05, 3.63) is 69.2 Å². The molecule has 0 aliphatic heterocycles. The summed E-state index contributed by atoms with van der Waals surface area (Å²) in [5.41, 5.74) is 3.35. The molecule has 1 nitrogen and oxygen atoms in total. The van der Waals surface area contributed by atoms with Crippen LogP contribution in [0.1, 0.15) is 16.7 Å². The third-order valence-corrected chi connectivity index (χ3v) is 4.02. The molecule has 0 aliphatic rings. The highest BCUT2D eigenvalue weighted by atomic mass is 35.5. The highest BCUT2D eigenvalue weighted by Crippen LogP contribution is 2.25. The lowest BCUT2D eigenvalue weighted by Gasteiger charge is -2.08. The Hall–Kier alpha value is -0.730. The molecule has 0 radical (unpaired) electrons. The van der Waals surface area contributed by atoms with E-state index >= 15 is 0 Å². The zero-order valence-electron chi connectivity index (χ0n) is 10.3. The van der Waals surface area contributed by atoms with Crippen LogP contribution in [0.5, 0.6) is 0 Å². The van der Waals surface area contributed by atoms with Gasteiger partial charge in [-0.2, -0.15) is 0 Å². The molecule has 0 spiro atoms. The Labute approximate surface area is 128 Å². The van der Waals surface area contributed by atoms with Crippen LogP contribution < -0.4 is 5.32 Å². The number of benzene rings is 2. The maximum atomic E-state index is 6.13. The number of halogens is 3. The van der Waals surface area contributed by atoms with E-state index in [0.717, 1.165) is 17.7 Å². The standard InChI is InChI=1S/C15H14Cl3N/c16-8-11-4-6-12(7-5-11)9-19-10-13-2-1-3-14(17)15(13)18/h1-7,19H,8-10H2. The molecule has 0 amide bonds. The fourth-order valence-electron chi connectivity index (χ4n) is 1.77. The largest absolute Gasteiger partial charge is 0.309 e. The van der Waals surface area contributed by atoms with Crippen molar-refractivity contribution in [1.82, 2.24) is 5.32 Å². The van der Waals surface area contributed by atoms with E-state index in [2.05, 4.69) is 17.4 Å². The van der Waals surface area contributed by atoms with Crippen LogP contribution in [0.2, 0.25) is 10.0 Å². The Kier molecular flexibility index (Phi) is 5.53. The summed E-state index contributed by atoms with van der Waals surface area (Å²) in [6.07, 6.45) is 0. The van der Waals surface area contributed by atoms with E-state index in [4.69, 9.17) is 34.8 Å². The van der Waals surface area contributed by atoms with Crippen molar-refractivity contribution in [1.29, 1.82) is 0 Å². The van der Waals surface area contributed by atoms with Crippen molar-refractivity contribution in [3.8, 4) is 0 Å². The van der Waals surface area contributed by atoms with Gasteiger partial charge in [-0.05, 0) is 22.8 Å². The van der Waals surface area contributed by atoms with Gasteiger partial charge in [0.2, 0.25) is 0 Å². The van der Waals surface area contributed by atoms with E-state index in [0.29, 0.717) is 22.5 Å². The fraction of sp³-hybridized carbons (Fsp3) is 0.200. The van der Waals surface area contributed by atoms with Crippen molar-refractivity contribution in [2.45, 2.75) is 19.0 Å². The monoisotopic (exact) mass is 313 g/mol. The second-order valence-corrected chi connectivity index (χ2v) is 5.32. The Bertz CT molecular complexity index is 538. The van der Waals surface area contributed by atoms with Crippen LogP contribution >= 0.6 is 34.8 Å². The third-order valence-electron chi connectivity index (χ3n) is 2.85. The first-order valence-electron chi connectivity index (χ1n) is 5.98. The van der Waals surface area contributed by atoms with E-state index in [1.165, 1.54) is 5.56 Å². The topological polar surface area (TPSA) is 12.0 Å². The van der Waals surface area contributed by atoms with Gasteiger partial charge in [0.15, 0.2) is 0 Å². The van der Waals surface area contributed by atoms with Gasteiger partial charge in [0, 0.05) is 19.0 Å². The molecule has 1 N–H and O–H groups in total. The second-order valence-electron chi connectivity index (χ2n) is 4.27. The molecule has 0 atom stereocenters. The molecule has 100 valence electrons. The summed E-state index contributed by atoms with van der Waals surface area (Å²) < 4.78 is 0. The lowest BCUT2D eigenvalue weighted by Crippen LogP contribution is -2.13. The first kappa shape index (κ1) is 14.7. The summed E-state index contributed by atoms with van der Waals surface area (Å²) in [6, 6.07) is 13.9. The molecule has 0 aliphatic carbocycles. The van der Waals surface area contributed by atoms with Gasteiger partial charge in [-0.25, -0.2) is 0 Å². The number of hydrogen-bond acceptors (Lipinski definition) is 1. The van der Waals surface area contributed by atoms with Gasteiger partial charge in [-0.15, -0.1) is 11.6 Å². The molecule has 0 aromatic heterocycles. The molecule has 0 heterocycles. The van der Waals surface area contributed by atoms with Gasteiger partial charge in [-0.1, -0.05) is 59.6 Å². The van der Waals surface area contributed by atoms with Gasteiger partial charge in [-0.3, -0.25) is 0 Å². The van der Waals surface area contributed by atoms with Crippen LogP contribution in [0.25, 0.3) is 0 Å². The maximum absolute atomic E-state index is 6.13. The minimum absolute atomic E-state index is 0.547. The first-order chi connectivity index (χ1) is 9.20. The van der Waals surface area contributed by atoms with E-state index in [-0.39, 0.29) is 0 Å². The molecule has 0 fully saturated rings.